The molecular weight excluding hydrogens is 244 g/mol. The van der Waals surface area contributed by atoms with E-state index in [1.165, 1.54) is 16.7 Å². The average Bonchev–Trinajstić information content (AvgIpc) is 2.16. The first-order valence-corrected chi connectivity index (χ1v) is 7.85. The van der Waals surface area contributed by atoms with Crippen LogP contribution in [-0.4, -0.2) is 14.2 Å². The van der Waals surface area contributed by atoms with Crippen LogP contribution in [0.15, 0.2) is 18.2 Å². The summed E-state index contributed by atoms with van der Waals surface area (Å²) in [5, 5.41) is 0. The summed E-state index contributed by atoms with van der Waals surface area (Å²) in [5.41, 5.74) is 3.80. The number of hydrogen-bond acceptors (Lipinski definition) is 2. The molecule has 90 valence electrons. The molecule has 0 aliphatic carbocycles. The summed E-state index contributed by atoms with van der Waals surface area (Å²) < 4.78 is 21.5. The van der Waals surface area contributed by atoms with Gasteiger partial charge in [0.2, 0.25) is 9.05 Å². The lowest BCUT2D eigenvalue weighted by atomic mass is 10.0. The molecule has 1 aromatic rings. The van der Waals surface area contributed by atoms with Gasteiger partial charge in [-0.25, -0.2) is 8.42 Å². The quantitative estimate of drug-likeness (QED) is 0.602. The molecule has 4 heteroatoms. The molecule has 0 N–H and O–H groups in total. The Balaban J connectivity index is 2.46. The summed E-state index contributed by atoms with van der Waals surface area (Å²) in [6.07, 6.45) is 2.40. The average molecular weight is 261 g/mol. The van der Waals surface area contributed by atoms with Crippen LogP contribution < -0.4 is 0 Å². The molecule has 16 heavy (non-hydrogen) atoms. The van der Waals surface area contributed by atoms with E-state index in [0.717, 1.165) is 12.8 Å². The van der Waals surface area contributed by atoms with E-state index in [1.54, 1.807) is 0 Å². The fraction of sp³-hybridized carbons (Fsp3) is 0.500. The van der Waals surface area contributed by atoms with Crippen LogP contribution in [0.25, 0.3) is 0 Å². The van der Waals surface area contributed by atoms with Crippen LogP contribution in [0.2, 0.25) is 0 Å². The van der Waals surface area contributed by atoms with Gasteiger partial charge in [0.25, 0.3) is 0 Å². The molecule has 0 bridgehead atoms. The summed E-state index contributed by atoms with van der Waals surface area (Å²) in [6.45, 7) is 4.14. The number of rotatable bonds is 5. The van der Waals surface area contributed by atoms with E-state index in [4.69, 9.17) is 10.7 Å². The molecule has 0 saturated carbocycles. The third-order valence-electron chi connectivity index (χ3n) is 2.59. The zero-order chi connectivity index (χ0) is 12.2. The Morgan fingerprint density at radius 3 is 2.50 bits per heavy atom. The molecule has 2 nitrogen and oxygen atoms in total. The summed E-state index contributed by atoms with van der Waals surface area (Å²) in [6, 6.07) is 6.34. The molecule has 0 amide bonds. The van der Waals surface area contributed by atoms with Gasteiger partial charge in [0.1, 0.15) is 0 Å². The van der Waals surface area contributed by atoms with Crippen LogP contribution in [0.3, 0.4) is 0 Å². The van der Waals surface area contributed by atoms with E-state index < -0.39 is 9.05 Å². The van der Waals surface area contributed by atoms with Crippen molar-refractivity contribution in [3.63, 3.8) is 0 Å². The number of benzene rings is 1. The van der Waals surface area contributed by atoms with E-state index in [0.29, 0.717) is 6.42 Å². The number of halogens is 1. The molecule has 0 aliphatic rings. The molecule has 1 rings (SSSR count). The van der Waals surface area contributed by atoms with Gasteiger partial charge in [0.05, 0.1) is 5.75 Å². The summed E-state index contributed by atoms with van der Waals surface area (Å²) in [7, 11) is 1.82. The van der Waals surface area contributed by atoms with Crippen molar-refractivity contribution in [1.29, 1.82) is 0 Å². The maximum absolute atomic E-state index is 10.7. The first-order chi connectivity index (χ1) is 7.38. The molecular formula is C12H17ClO2S. The Kier molecular flexibility index (Phi) is 4.81. The van der Waals surface area contributed by atoms with Crippen LogP contribution in [0.4, 0.5) is 0 Å². The molecule has 0 heterocycles. The van der Waals surface area contributed by atoms with Crippen LogP contribution in [0.5, 0.6) is 0 Å². The van der Waals surface area contributed by atoms with E-state index in [-0.39, 0.29) is 5.75 Å². The van der Waals surface area contributed by atoms with Gasteiger partial charge in [-0.1, -0.05) is 23.8 Å². The Morgan fingerprint density at radius 1 is 1.19 bits per heavy atom. The first-order valence-electron chi connectivity index (χ1n) is 5.37. The predicted molar refractivity (Wildman–Crippen MR) is 68.5 cm³/mol. The topological polar surface area (TPSA) is 34.1 Å². The monoisotopic (exact) mass is 260 g/mol. The molecule has 0 aliphatic heterocycles. The Hall–Kier alpha value is -0.540. The van der Waals surface area contributed by atoms with E-state index in [9.17, 15) is 8.42 Å². The van der Waals surface area contributed by atoms with Crippen molar-refractivity contribution in [2.45, 2.75) is 33.1 Å². The van der Waals surface area contributed by atoms with Crippen molar-refractivity contribution >= 4 is 19.7 Å². The van der Waals surface area contributed by atoms with Crippen molar-refractivity contribution < 1.29 is 8.42 Å². The highest BCUT2D eigenvalue weighted by Gasteiger charge is 2.05. The van der Waals surface area contributed by atoms with Crippen molar-refractivity contribution in [3.05, 3.63) is 34.9 Å². The molecule has 0 spiro atoms. The summed E-state index contributed by atoms with van der Waals surface area (Å²) >= 11 is 0. The van der Waals surface area contributed by atoms with Crippen LogP contribution in [0, 0.1) is 13.8 Å². The molecule has 0 aromatic heterocycles. The van der Waals surface area contributed by atoms with Crippen molar-refractivity contribution in [3.8, 4) is 0 Å². The van der Waals surface area contributed by atoms with Gasteiger partial charge in [-0.15, -0.1) is 0 Å². The second kappa shape index (κ2) is 5.69. The zero-order valence-electron chi connectivity index (χ0n) is 9.66. The number of aryl methyl sites for hydroxylation is 3. The normalized spacial score (nSPS) is 11.7. The van der Waals surface area contributed by atoms with Gasteiger partial charge in [-0.3, -0.25) is 0 Å². The van der Waals surface area contributed by atoms with Crippen LogP contribution in [0.1, 0.15) is 29.5 Å². The minimum absolute atomic E-state index is 0.0689. The molecule has 0 atom stereocenters. The van der Waals surface area contributed by atoms with Crippen molar-refractivity contribution in [1.82, 2.24) is 0 Å². The lowest BCUT2D eigenvalue weighted by Gasteiger charge is -2.06. The fourth-order valence-electron chi connectivity index (χ4n) is 1.66. The zero-order valence-corrected chi connectivity index (χ0v) is 11.2. The van der Waals surface area contributed by atoms with E-state index >= 15 is 0 Å². The Morgan fingerprint density at radius 2 is 1.88 bits per heavy atom. The van der Waals surface area contributed by atoms with Crippen molar-refractivity contribution in [2.75, 3.05) is 5.75 Å². The third kappa shape index (κ3) is 4.99. The fourth-order valence-corrected chi connectivity index (χ4v) is 2.54. The third-order valence-corrected chi connectivity index (χ3v) is 3.83. The van der Waals surface area contributed by atoms with Crippen molar-refractivity contribution in [2.24, 2.45) is 0 Å². The van der Waals surface area contributed by atoms with Crippen LogP contribution in [-0.2, 0) is 15.5 Å². The minimum Gasteiger partial charge on any atom is -0.212 e. The lowest BCUT2D eigenvalue weighted by molar-refractivity contribution is 0.605. The molecule has 0 saturated heterocycles. The van der Waals surface area contributed by atoms with Gasteiger partial charge in [0, 0.05) is 10.7 Å². The second-order valence-electron chi connectivity index (χ2n) is 4.13. The lowest BCUT2D eigenvalue weighted by Crippen LogP contribution is -1.98. The molecule has 0 fully saturated rings. The van der Waals surface area contributed by atoms with Gasteiger partial charge < -0.3 is 0 Å². The predicted octanol–water partition coefficient (Wildman–Crippen LogP) is 3.19. The summed E-state index contributed by atoms with van der Waals surface area (Å²) in [5.74, 6) is 0.0689. The highest BCUT2D eigenvalue weighted by Crippen LogP contribution is 2.14. The molecule has 1 aromatic carbocycles. The highest BCUT2D eigenvalue weighted by molar-refractivity contribution is 8.13. The second-order valence-corrected chi connectivity index (χ2v) is 7.03. The maximum atomic E-state index is 10.7. The Labute approximate surface area is 102 Å². The molecule has 0 radical (unpaired) electrons. The van der Waals surface area contributed by atoms with E-state index in [2.05, 4.69) is 32.0 Å². The van der Waals surface area contributed by atoms with E-state index in [1.807, 2.05) is 0 Å². The van der Waals surface area contributed by atoms with Gasteiger partial charge in [-0.05, 0) is 44.2 Å². The Bertz CT molecular complexity index is 452. The minimum atomic E-state index is -3.32. The summed E-state index contributed by atoms with van der Waals surface area (Å²) in [4.78, 5) is 0. The maximum Gasteiger partial charge on any atom is 0.232 e. The van der Waals surface area contributed by atoms with Gasteiger partial charge in [-0.2, -0.15) is 0 Å². The number of unbranched alkanes of at least 4 members (excludes halogenated alkanes) is 1. The van der Waals surface area contributed by atoms with Gasteiger partial charge in [0.15, 0.2) is 0 Å². The highest BCUT2D eigenvalue weighted by atomic mass is 35.7. The number of hydrogen-bond donors (Lipinski definition) is 0. The largest absolute Gasteiger partial charge is 0.232 e. The first kappa shape index (κ1) is 13.5. The van der Waals surface area contributed by atoms with Crippen LogP contribution >= 0.6 is 10.7 Å². The SMILES string of the molecule is Cc1ccc(C)c(CCCCS(=O)(=O)Cl)c1. The standard InChI is InChI=1S/C12H17ClO2S/c1-10-6-7-11(2)12(9-10)5-3-4-8-16(13,14)15/h6-7,9H,3-5,8H2,1-2H3. The van der Waals surface area contributed by atoms with Gasteiger partial charge >= 0.3 is 0 Å². The molecule has 0 unspecified atom stereocenters. The smallest absolute Gasteiger partial charge is 0.212 e.